The maximum atomic E-state index is 12.6. The van der Waals surface area contributed by atoms with Crippen molar-refractivity contribution in [1.29, 1.82) is 0 Å². The molecule has 0 saturated carbocycles. The summed E-state index contributed by atoms with van der Waals surface area (Å²) in [6.07, 6.45) is -4.05. The molecule has 0 saturated heterocycles. The highest BCUT2D eigenvalue weighted by Gasteiger charge is 2.30. The van der Waals surface area contributed by atoms with Crippen molar-refractivity contribution >= 4 is 11.6 Å². The number of rotatable bonds is 7. The predicted molar refractivity (Wildman–Crippen MR) is 96.8 cm³/mol. The Labute approximate surface area is 151 Å². The third-order valence-corrected chi connectivity index (χ3v) is 4.10. The number of hydrogen-bond acceptors (Lipinski definition) is 2. The Bertz CT molecular complexity index is 697. The molecule has 26 heavy (non-hydrogen) atoms. The number of amides is 1. The third-order valence-electron chi connectivity index (χ3n) is 4.10. The number of carbonyl (C=O) groups excluding carboxylic acids is 1. The molecular weight excluding hydrogens is 341 g/mol. The van der Waals surface area contributed by atoms with Crippen LogP contribution >= 0.6 is 0 Å². The highest BCUT2D eigenvalue weighted by atomic mass is 19.4. The Morgan fingerprint density at radius 2 is 1.62 bits per heavy atom. The lowest BCUT2D eigenvalue weighted by molar-refractivity contribution is -0.137. The van der Waals surface area contributed by atoms with E-state index in [0.717, 1.165) is 17.7 Å². The summed E-state index contributed by atoms with van der Waals surface area (Å²) in [5.41, 5.74) is 0.844. The first kappa shape index (κ1) is 19.8. The van der Waals surface area contributed by atoms with E-state index in [1.807, 2.05) is 44.2 Å². The number of nitrogens with one attached hydrogen (secondary N) is 2. The molecule has 2 N–H and O–H groups in total. The van der Waals surface area contributed by atoms with Crippen LogP contribution in [0.3, 0.4) is 0 Å². The smallest absolute Gasteiger partial charge is 0.380 e. The fourth-order valence-electron chi connectivity index (χ4n) is 2.49. The number of benzene rings is 2. The molecule has 0 aliphatic rings. The zero-order chi connectivity index (χ0) is 19.2. The third kappa shape index (κ3) is 6.10. The Balaban J connectivity index is 1.91. The van der Waals surface area contributed by atoms with Gasteiger partial charge in [0.05, 0.1) is 12.0 Å². The first-order chi connectivity index (χ1) is 12.3. The van der Waals surface area contributed by atoms with Gasteiger partial charge in [0.25, 0.3) is 0 Å². The SMILES string of the molecule is CC(C)[C@H](CNC(=O)Cc1ccccc1)Nc1ccc(C(F)(F)F)cc1. The Hall–Kier alpha value is -2.50. The maximum Gasteiger partial charge on any atom is 0.416 e. The zero-order valence-electron chi connectivity index (χ0n) is 14.8. The van der Waals surface area contributed by atoms with Gasteiger partial charge < -0.3 is 10.6 Å². The van der Waals surface area contributed by atoms with Gasteiger partial charge in [-0.25, -0.2) is 0 Å². The van der Waals surface area contributed by atoms with Crippen LogP contribution in [0.2, 0.25) is 0 Å². The summed E-state index contributed by atoms with van der Waals surface area (Å²) in [5, 5.41) is 6.08. The normalized spacial score (nSPS) is 12.7. The number of alkyl halides is 3. The molecule has 0 radical (unpaired) electrons. The summed E-state index contributed by atoms with van der Waals surface area (Å²) in [6.45, 7) is 4.38. The molecule has 2 aromatic carbocycles. The van der Waals surface area contributed by atoms with Crippen LogP contribution in [-0.2, 0) is 17.4 Å². The van der Waals surface area contributed by atoms with E-state index in [0.29, 0.717) is 18.7 Å². The molecule has 0 unspecified atom stereocenters. The summed E-state index contributed by atoms with van der Waals surface area (Å²) in [5.74, 6) is 0.102. The maximum absolute atomic E-state index is 12.6. The van der Waals surface area contributed by atoms with Crippen LogP contribution in [0, 0.1) is 5.92 Å². The largest absolute Gasteiger partial charge is 0.416 e. The minimum atomic E-state index is -4.35. The molecule has 1 amide bonds. The van der Waals surface area contributed by atoms with Crippen LogP contribution in [-0.4, -0.2) is 18.5 Å². The van der Waals surface area contributed by atoms with Crippen molar-refractivity contribution in [2.24, 2.45) is 5.92 Å². The average Bonchev–Trinajstić information content (AvgIpc) is 2.59. The van der Waals surface area contributed by atoms with Gasteiger partial charge in [-0.2, -0.15) is 13.2 Å². The van der Waals surface area contributed by atoms with Gasteiger partial charge in [-0.15, -0.1) is 0 Å². The molecular formula is C20H23F3N2O. The average molecular weight is 364 g/mol. The van der Waals surface area contributed by atoms with Crippen LogP contribution in [0.15, 0.2) is 54.6 Å². The van der Waals surface area contributed by atoms with E-state index in [1.54, 1.807) is 0 Å². The molecule has 0 aliphatic heterocycles. The van der Waals surface area contributed by atoms with Crippen LogP contribution in [0.25, 0.3) is 0 Å². The van der Waals surface area contributed by atoms with Gasteiger partial charge >= 0.3 is 6.18 Å². The molecule has 3 nitrogen and oxygen atoms in total. The summed E-state index contributed by atoms with van der Waals surface area (Å²) >= 11 is 0. The quantitative estimate of drug-likeness (QED) is 0.759. The van der Waals surface area contributed by atoms with Gasteiger partial charge in [-0.05, 0) is 35.7 Å². The molecule has 0 bridgehead atoms. The van der Waals surface area contributed by atoms with Crippen molar-refractivity contribution in [3.63, 3.8) is 0 Å². The van der Waals surface area contributed by atoms with Crippen molar-refractivity contribution in [2.75, 3.05) is 11.9 Å². The topological polar surface area (TPSA) is 41.1 Å². The van der Waals surface area contributed by atoms with Crippen LogP contribution in [0.5, 0.6) is 0 Å². The molecule has 2 rings (SSSR count). The standard InChI is InChI=1S/C20H23F3N2O/c1-14(2)18(13-24-19(26)12-15-6-4-3-5-7-15)25-17-10-8-16(9-11-17)20(21,22)23/h3-11,14,18,25H,12-13H2,1-2H3,(H,24,26)/t18-/m0/s1. The van der Waals surface area contributed by atoms with E-state index in [-0.39, 0.29) is 17.9 Å². The number of carbonyl (C=O) groups is 1. The molecule has 0 aromatic heterocycles. The molecule has 0 heterocycles. The molecule has 0 aliphatic carbocycles. The van der Waals surface area contributed by atoms with E-state index in [4.69, 9.17) is 0 Å². The van der Waals surface area contributed by atoms with Crippen molar-refractivity contribution in [3.8, 4) is 0 Å². The molecule has 1 atom stereocenters. The van der Waals surface area contributed by atoms with Crippen molar-refractivity contribution < 1.29 is 18.0 Å². The highest BCUT2D eigenvalue weighted by Crippen LogP contribution is 2.30. The van der Waals surface area contributed by atoms with E-state index < -0.39 is 11.7 Å². The molecule has 2 aromatic rings. The number of halogens is 3. The van der Waals surface area contributed by atoms with E-state index in [9.17, 15) is 18.0 Å². The molecule has 0 fully saturated rings. The predicted octanol–water partition coefficient (Wildman–Crippen LogP) is 4.50. The molecule has 140 valence electrons. The molecule has 0 spiro atoms. The first-order valence-corrected chi connectivity index (χ1v) is 8.50. The lowest BCUT2D eigenvalue weighted by Crippen LogP contribution is -2.40. The second kappa shape index (κ2) is 8.74. The van der Waals surface area contributed by atoms with Gasteiger partial charge in [0.2, 0.25) is 5.91 Å². The molecule has 6 heteroatoms. The zero-order valence-corrected chi connectivity index (χ0v) is 14.8. The highest BCUT2D eigenvalue weighted by molar-refractivity contribution is 5.78. The van der Waals surface area contributed by atoms with Gasteiger partial charge in [-0.1, -0.05) is 44.2 Å². The van der Waals surface area contributed by atoms with Crippen molar-refractivity contribution in [3.05, 3.63) is 65.7 Å². The van der Waals surface area contributed by atoms with E-state index >= 15 is 0 Å². The Morgan fingerprint density at radius 3 is 2.15 bits per heavy atom. The fourth-order valence-corrected chi connectivity index (χ4v) is 2.49. The monoisotopic (exact) mass is 364 g/mol. The second-order valence-electron chi connectivity index (χ2n) is 6.54. The lowest BCUT2D eigenvalue weighted by atomic mass is 10.0. The number of hydrogen-bond donors (Lipinski definition) is 2. The fraction of sp³-hybridized carbons (Fsp3) is 0.350. The van der Waals surface area contributed by atoms with E-state index in [1.165, 1.54) is 12.1 Å². The number of anilines is 1. The Kier molecular flexibility index (Phi) is 6.66. The van der Waals surface area contributed by atoms with Gasteiger partial charge in [0.15, 0.2) is 0 Å². The minimum Gasteiger partial charge on any atom is -0.380 e. The van der Waals surface area contributed by atoms with Crippen LogP contribution in [0.1, 0.15) is 25.0 Å². The van der Waals surface area contributed by atoms with Gasteiger partial charge in [0.1, 0.15) is 0 Å². The van der Waals surface area contributed by atoms with Crippen molar-refractivity contribution in [1.82, 2.24) is 5.32 Å². The van der Waals surface area contributed by atoms with Crippen LogP contribution < -0.4 is 10.6 Å². The minimum absolute atomic E-state index is 0.0870. The summed E-state index contributed by atoms with van der Waals surface area (Å²) in [6, 6.07) is 14.3. The summed E-state index contributed by atoms with van der Waals surface area (Å²) in [7, 11) is 0. The van der Waals surface area contributed by atoms with Crippen LogP contribution in [0.4, 0.5) is 18.9 Å². The second-order valence-corrected chi connectivity index (χ2v) is 6.54. The Morgan fingerprint density at radius 1 is 1.00 bits per heavy atom. The van der Waals surface area contributed by atoms with Crippen molar-refractivity contribution in [2.45, 2.75) is 32.5 Å². The van der Waals surface area contributed by atoms with E-state index in [2.05, 4.69) is 10.6 Å². The summed E-state index contributed by atoms with van der Waals surface area (Å²) in [4.78, 5) is 12.1. The lowest BCUT2D eigenvalue weighted by Gasteiger charge is -2.24. The first-order valence-electron chi connectivity index (χ1n) is 8.50. The summed E-state index contributed by atoms with van der Waals surface area (Å²) < 4.78 is 37.9. The van der Waals surface area contributed by atoms with Gasteiger partial charge in [-0.3, -0.25) is 4.79 Å². The van der Waals surface area contributed by atoms with Gasteiger partial charge in [0, 0.05) is 18.3 Å².